The molecule has 8 heteroatoms. The predicted molar refractivity (Wildman–Crippen MR) is 71.4 cm³/mol. The molecule has 24 heavy (non-hydrogen) atoms. The maximum absolute atomic E-state index is 4.60. The van der Waals surface area contributed by atoms with Crippen LogP contribution in [0.5, 0.6) is 0 Å². The second-order valence-electron chi connectivity index (χ2n) is 4.12. The molecular weight excluding hydrogens is 754 g/mol. The standard InChI is InChI=1S/C16H12N2.6Y/c1-13-12-18(15-10-6-3-7-11-15)17-16(13)14-8-4-2-5-9-14;;;;;;/h3-11H,1H3;;;;;;/q-2;;;;;;. The van der Waals surface area contributed by atoms with Gasteiger partial charge in [0, 0.05) is 196 Å². The van der Waals surface area contributed by atoms with Gasteiger partial charge in [0.15, 0.2) is 0 Å². The SMILES string of the molecule is Cc1[c-]n(-c2ccccc2)nc1-c1cc[c-]cc1.[Y].[Y].[Y].[Y].[Y].[Y]. The molecule has 0 fully saturated rings. The Labute approximate surface area is 295 Å². The van der Waals surface area contributed by atoms with E-state index in [2.05, 4.69) is 17.4 Å². The van der Waals surface area contributed by atoms with E-state index >= 15 is 0 Å². The summed E-state index contributed by atoms with van der Waals surface area (Å²) in [6.07, 6.45) is 3.25. The van der Waals surface area contributed by atoms with Crippen molar-refractivity contribution in [2.75, 3.05) is 0 Å². The van der Waals surface area contributed by atoms with E-state index < -0.39 is 0 Å². The third-order valence-electron chi connectivity index (χ3n) is 2.82. The molecule has 106 valence electrons. The largest absolute Gasteiger partial charge is 0.359 e. The molecule has 0 unspecified atom stereocenters. The van der Waals surface area contributed by atoms with Crippen LogP contribution in [0, 0.1) is 19.2 Å². The third-order valence-corrected chi connectivity index (χ3v) is 2.82. The molecule has 0 atom stereocenters. The zero-order valence-electron chi connectivity index (χ0n) is 13.6. The summed E-state index contributed by atoms with van der Waals surface area (Å²) in [4.78, 5) is 0. The molecule has 0 saturated heterocycles. The minimum Gasteiger partial charge on any atom is -0.359 e. The van der Waals surface area contributed by atoms with E-state index in [0.29, 0.717) is 0 Å². The minimum atomic E-state index is 0. The van der Waals surface area contributed by atoms with Gasteiger partial charge in [-0.2, -0.15) is 35.9 Å². The molecule has 3 rings (SSSR count). The van der Waals surface area contributed by atoms with Gasteiger partial charge in [-0.3, -0.25) is 5.10 Å². The summed E-state index contributed by atoms with van der Waals surface area (Å²) in [6, 6.07) is 20.9. The molecule has 0 spiro atoms. The number of rotatable bonds is 2. The first-order chi connectivity index (χ1) is 8.84. The van der Waals surface area contributed by atoms with Crippen LogP contribution in [0.15, 0.2) is 54.6 Å². The summed E-state index contributed by atoms with van der Waals surface area (Å²) < 4.78 is 1.79. The zero-order valence-corrected chi connectivity index (χ0v) is 30.6. The summed E-state index contributed by atoms with van der Waals surface area (Å²) in [5.41, 5.74) is 4.13. The third kappa shape index (κ3) is 10.3. The minimum absolute atomic E-state index is 0. The van der Waals surface area contributed by atoms with Crippen molar-refractivity contribution in [2.45, 2.75) is 6.92 Å². The monoisotopic (exact) mass is 766 g/mol. The quantitative estimate of drug-likeness (QED) is 0.366. The maximum atomic E-state index is 4.60. The number of benzene rings is 2. The molecule has 3 aromatic rings. The zero-order chi connectivity index (χ0) is 12.4. The molecule has 1 heterocycles. The molecular formula is C16H12N2Y6-2. The molecule has 0 aliphatic rings. The van der Waals surface area contributed by atoms with Gasteiger partial charge in [-0.15, -0.1) is 5.56 Å². The molecule has 2 aromatic carbocycles. The molecule has 0 bridgehead atoms. The molecule has 2 nitrogen and oxygen atoms in total. The molecule has 0 saturated carbocycles. The summed E-state index contributed by atoms with van der Waals surface area (Å²) in [5, 5.41) is 4.60. The van der Waals surface area contributed by atoms with Gasteiger partial charge in [-0.1, -0.05) is 43.5 Å². The molecule has 0 aliphatic carbocycles. The summed E-state index contributed by atoms with van der Waals surface area (Å²) in [7, 11) is 0. The van der Waals surface area contributed by atoms with Crippen molar-refractivity contribution in [1.82, 2.24) is 9.78 Å². The molecule has 0 amide bonds. The Morgan fingerprint density at radius 2 is 1.33 bits per heavy atom. The van der Waals surface area contributed by atoms with Crippen molar-refractivity contribution in [2.24, 2.45) is 0 Å². The van der Waals surface area contributed by atoms with Crippen LogP contribution >= 0.6 is 0 Å². The number of hydrogen-bond donors (Lipinski definition) is 0. The summed E-state index contributed by atoms with van der Waals surface area (Å²) in [5.74, 6) is 0. The van der Waals surface area contributed by atoms with Crippen LogP contribution in [-0.4, -0.2) is 9.78 Å². The van der Waals surface area contributed by atoms with Crippen LogP contribution in [0.2, 0.25) is 0 Å². The Morgan fingerprint density at radius 3 is 1.88 bits per heavy atom. The second-order valence-corrected chi connectivity index (χ2v) is 4.12. The van der Waals surface area contributed by atoms with Gasteiger partial charge in [0.25, 0.3) is 0 Å². The smallest absolute Gasteiger partial charge is 0 e. The molecule has 0 aliphatic heterocycles. The number of hydrogen-bond acceptors (Lipinski definition) is 1. The van der Waals surface area contributed by atoms with E-state index in [4.69, 9.17) is 0 Å². The van der Waals surface area contributed by atoms with Crippen LogP contribution in [0.25, 0.3) is 16.9 Å². The Hall–Kier alpha value is 4.27. The normalized spacial score (nSPS) is 7.88. The summed E-state index contributed by atoms with van der Waals surface area (Å²) in [6.45, 7) is 2.03. The van der Waals surface area contributed by atoms with Crippen molar-refractivity contribution in [3.8, 4) is 16.9 Å². The van der Waals surface area contributed by atoms with Crippen LogP contribution in [0.1, 0.15) is 5.56 Å². The first kappa shape index (κ1) is 35.7. The van der Waals surface area contributed by atoms with Crippen LogP contribution < -0.4 is 0 Å². The average Bonchev–Trinajstić information content (AvgIpc) is 2.83. The Morgan fingerprint density at radius 1 is 0.792 bits per heavy atom. The maximum Gasteiger partial charge on any atom is 0 e. The number of aromatic nitrogens is 2. The first-order valence-corrected chi connectivity index (χ1v) is 5.85. The van der Waals surface area contributed by atoms with Crippen molar-refractivity contribution in [1.29, 1.82) is 0 Å². The van der Waals surface area contributed by atoms with Crippen molar-refractivity contribution < 1.29 is 196 Å². The number of nitrogens with zero attached hydrogens (tertiary/aromatic N) is 2. The number of aryl methyl sites for hydroxylation is 1. The van der Waals surface area contributed by atoms with E-state index in [9.17, 15) is 0 Å². The van der Waals surface area contributed by atoms with Crippen LogP contribution in [0.4, 0.5) is 0 Å². The first-order valence-electron chi connectivity index (χ1n) is 5.85. The fourth-order valence-corrected chi connectivity index (χ4v) is 1.92. The van der Waals surface area contributed by atoms with Crippen molar-refractivity contribution in [3.63, 3.8) is 0 Å². The van der Waals surface area contributed by atoms with Crippen molar-refractivity contribution in [3.05, 3.63) is 72.4 Å². The van der Waals surface area contributed by atoms with Gasteiger partial charge < -0.3 is 4.68 Å². The molecule has 1 aromatic heterocycles. The van der Waals surface area contributed by atoms with Crippen molar-refractivity contribution >= 4 is 0 Å². The molecule has 0 N–H and O–H groups in total. The average molecular weight is 766 g/mol. The van der Waals surface area contributed by atoms with Gasteiger partial charge in [0.1, 0.15) is 0 Å². The van der Waals surface area contributed by atoms with E-state index in [1.165, 1.54) is 0 Å². The second kappa shape index (κ2) is 19.2. The Balaban J connectivity index is -0.000000333. The Kier molecular flexibility index (Phi) is 28.6. The van der Waals surface area contributed by atoms with Gasteiger partial charge in [0.2, 0.25) is 0 Å². The topological polar surface area (TPSA) is 17.8 Å². The van der Waals surface area contributed by atoms with Gasteiger partial charge in [-0.25, -0.2) is 0 Å². The Bertz CT molecular complexity index is 659. The van der Waals surface area contributed by atoms with Crippen LogP contribution in [0.3, 0.4) is 0 Å². The van der Waals surface area contributed by atoms with E-state index in [1.54, 1.807) is 4.68 Å². The van der Waals surface area contributed by atoms with E-state index in [-0.39, 0.29) is 196 Å². The fraction of sp³-hybridized carbons (Fsp3) is 0.0625. The van der Waals surface area contributed by atoms with E-state index in [0.717, 1.165) is 22.5 Å². The van der Waals surface area contributed by atoms with Gasteiger partial charge in [0.05, 0.1) is 0 Å². The number of para-hydroxylation sites is 1. The predicted octanol–water partition coefficient (Wildman–Crippen LogP) is 3.43. The van der Waals surface area contributed by atoms with Crippen LogP contribution in [-0.2, 0) is 196 Å². The van der Waals surface area contributed by atoms with E-state index in [1.807, 2.05) is 61.5 Å². The van der Waals surface area contributed by atoms with Gasteiger partial charge in [-0.05, 0) is 11.4 Å². The fourth-order valence-electron chi connectivity index (χ4n) is 1.92. The summed E-state index contributed by atoms with van der Waals surface area (Å²) >= 11 is 0. The molecule has 6 radical (unpaired) electrons. The van der Waals surface area contributed by atoms with Gasteiger partial charge >= 0.3 is 0 Å².